The first kappa shape index (κ1) is 7.11. The maximum Gasteiger partial charge on any atom is 0.0196 e. The second-order valence-electron chi connectivity index (χ2n) is 3.15. The van der Waals surface area contributed by atoms with Crippen LogP contribution < -0.4 is 0 Å². The summed E-state index contributed by atoms with van der Waals surface area (Å²) < 4.78 is 0. The van der Waals surface area contributed by atoms with Gasteiger partial charge < -0.3 is 0 Å². The fourth-order valence-electron chi connectivity index (χ4n) is 1.54. The largest absolute Gasteiger partial charge is 0.155 e. The number of fused-ring (bicyclic) bond motifs is 1. The molecule has 2 aliphatic rings. The summed E-state index contributed by atoms with van der Waals surface area (Å²) in [6.45, 7) is 4.39. The second kappa shape index (κ2) is 2.21. The summed E-state index contributed by atoms with van der Waals surface area (Å²) >= 11 is 0. The van der Waals surface area contributed by atoms with Crippen molar-refractivity contribution in [3.05, 3.63) is 34.3 Å². The summed E-state index contributed by atoms with van der Waals surface area (Å²) in [5.41, 5.74) is 2.80. The molecule has 1 heteroatoms. The van der Waals surface area contributed by atoms with Gasteiger partial charge in [-0.25, -0.2) is 0 Å². The van der Waals surface area contributed by atoms with Crippen molar-refractivity contribution >= 4 is 16.4 Å². The molecule has 1 heterocycles. The van der Waals surface area contributed by atoms with Gasteiger partial charge in [-0.15, -0.1) is 0 Å². The molecule has 2 unspecified atom stereocenters. The van der Waals surface area contributed by atoms with E-state index in [9.17, 15) is 0 Å². The van der Waals surface area contributed by atoms with Crippen molar-refractivity contribution in [1.29, 1.82) is 0 Å². The highest BCUT2D eigenvalue weighted by atomic mass is 32.2. The van der Waals surface area contributed by atoms with Gasteiger partial charge in [-0.2, -0.15) is 10.5 Å². The van der Waals surface area contributed by atoms with Gasteiger partial charge in [0.25, 0.3) is 0 Å². The summed E-state index contributed by atoms with van der Waals surface area (Å²) in [4.78, 5) is 1.47. The second-order valence-corrected chi connectivity index (χ2v) is 5.19. The molecule has 0 aromatic carbocycles. The van der Waals surface area contributed by atoms with E-state index < -0.39 is 0 Å². The lowest BCUT2D eigenvalue weighted by molar-refractivity contribution is 1.26. The molecule has 0 spiro atoms. The Morgan fingerprint density at radius 2 is 2.18 bits per heavy atom. The van der Waals surface area contributed by atoms with Crippen LogP contribution in [0.15, 0.2) is 34.3 Å². The van der Waals surface area contributed by atoms with Gasteiger partial charge in [0.2, 0.25) is 0 Å². The Morgan fingerprint density at radius 3 is 2.82 bits per heavy atom. The third kappa shape index (κ3) is 0.951. The minimum atomic E-state index is 0.223. The Kier molecular flexibility index (Phi) is 1.43. The van der Waals surface area contributed by atoms with Crippen LogP contribution in [-0.4, -0.2) is 11.1 Å². The van der Waals surface area contributed by atoms with E-state index in [1.54, 1.807) is 0 Å². The Labute approximate surface area is 70.2 Å². The third-order valence-corrected chi connectivity index (χ3v) is 4.12. The van der Waals surface area contributed by atoms with Crippen molar-refractivity contribution in [2.24, 2.45) is 0 Å². The molecule has 1 aliphatic carbocycles. The minimum absolute atomic E-state index is 0.223. The molecule has 0 nitrogen and oxygen atoms in total. The summed E-state index contributed by atoms with van der Waals surface area (Å²) in [5.74, 6) is 4.17. The maximum atomic E-state index is 4.17. The van der Waals surface area contributed by atoms with Gasteiger partial charge in [-0.3, -0.25) is 0 Å². The SMILES string of the molecule is C=S1C2=CC(C)=CC2=CC1C. The topological polar surface area (TPSA) is 0 Å². The summed E-state index contributed by atoms with van der Waals surface area (Å²) in [6, 6.07) is 0. The van der Waals surface area contributed by atoms with E-state index in [0.29, 0.717) is 5.25 Å². The van der Waals surface area contributed by atoms with Crippen LogP contribution >= 0.6 is 10.5 Å². The van der Waals surface area contributed by atoms with Crippen molar-refractivity contribution in [2.75, 3.05) is 0 Å². The highest BCUT2D eigenvalue weighted by Gasteiger charge is 2.21. The van der Waals surface area contributed by atoms with Crippen LogP contribution in [0.5, 0.6) is 0 Å². The van der Waals surface area contributed by atoms with Gasteiger partial charge in [0.05, 0.1) is 0 Å². The Hall–Kier alpha value is -0.560. The van der Waals surface area contributed by atoms with Gasteiger partial charge in [0.15, 0.2) is 0 Å². The van der Waals surface area contributed by atoms with Crippen molar-refractivity contribution in [3.63, 3.8) is 0 Å². The van der Waals surface area contributed by atoms with Crippen molar-refractivity contribution in [3.8, 4) is 0 Å². The minimum Gasteiger partial charge on any atom is -0.155 e. The van der Waals surface area contributed by atoms with E-state index >= 15 is 0 Å². The van der Waals surface area contributed by atoms with E-state index in [4.69, 9.17) is 0 Å². The van der Waals surface area contributed by atoms with Gasteiger partial charge in [-0.05, 0) is 31.1 Å². The first-order valence-corrected chi connectivity index (χ1v) is 5.29. The van der Waals surface area contributed by atoms with Gasteiger partial charge in [0, 0.05) is 10.2 Å². The first-order valence-electron chi connectivity index (χ1n) is 3.83. The van der Waals surface area contributed by atoms with Crippen LogP contribution in [0.2, 0.25) is 0 Å². The van der Waals surface area contributed by atoms with Gasteiger partial charge in [0.1, 0.15) is 0 Å². The van der Waals surface area contributed by atoms with E-state index in [-0.39, 0.29) is 10.5 Å². The van der Waals surface area contributed by atoms with Gasteiger partial charge in [-0.1, -0.05) is 18.0 Å². The van der Waals surface area contributed by atoms with Crippen molar-refractivity contribution in [2.45, 2.75) is 19.1 Å². The lowest BCUT2D eigenvalue weighted by atomic mass is 10.2. The van der Waals surface area contributed by atoms with E-state index in [1.165, 1.54) is 16.1 Å². The van der Waals surface area contributed by atoms with E-state index in [0.717, 1.165) is 0 Å². The number of rotatable bonds is 0. The Morgan fingerprint density at radius 1 is 1.45 bits per heavy atom. The molecule has 0 saturated carbocycles. The molecule has 2 rings (SSSR count). The van der Waals surface area contributed by atoms with Crippen LogP contribution in [0, 0.1) is 0 Å². The fraction of sp³-hybridized carbons (Fsp3) is 0.300. The Bertz CT molecular complexity index is 316. The summed E-state index contributed by atoms with van der Waals surface area (Å²) in [7, 11) is 0.223. The van der Waals surface area contributed by atoms with Crippen LogP contribution in [0.4, 0.5) is 0 Å². The number of hydrogen-bond acceptors (Lipinski definition) is 0. The molecule has 2 atom stereocenters. The number of hydrogen-bond donors (Lipinski definition) is 0. The summed E-state index contributed by atoms with van der Waals surface area (Å²) in [6.07, 6.45) is 6.86. The molecule has 0 saturated heterocycles. The van der Waals surface area contributed by atoms with Crippen molar-refractivity contribution in [1.82, 2.24) is 0 Å². The van der Waals surface area contributed by atoms with Crippen LogP contribution in [0.25, 0.3) is 0 Å². The molecule has 0 aromatic heterocycles. The smallest absolute Gasteiger partial charge is 0.0196 e. The molecule has 0 fully saturated rings. The predicted molar refractivity (Wildman–Crippen MR) is 54.1 cm³/mol. The molecule has 0 amide bonds. The molecule has 11 heavy (non-hydrogen) atoms. The standard InChI is InChI=1S/C10H12S/c1-7-4-9-6-8(2)11(3)10(9)5-7/h4-6,8H,3H2,1-2H3. The molecule has 0 radical (unpaired) electrons. The average Bonchev–Trinajstić information content (AvgIpc) is 2.37. The first-order chi connectivity index (χ1) is 5.18. The lowest BCUT2D eigenvalue weighted by Crippen LogP contribution is -1.85. The predicted octanol–water partition coefficient (Wildman–Crippen LogP) is 2.86. The highest BCUT2D eigenvalue weighted by molar-refractivity contribution is 8.18. The summed E-state index contributed by atoms with van der Waals surface area (Å²) in [5, 5.41) is 0.653. The van der Waals surface area contributed by atoms with E-state index in [2.05, 4.69) is 37.9 Å². The molecule has 58 valence electrons. The maximum absolute atomic E-state index is 4.17. The monoisotopic (exact) mass is 164 g/mol. The average molecular weight is 164 g/mol. The molecule has 0 bridgehead atoms. The van der Waals surface area contributed by atoms with Crippen LogP contribution in [-0.2, 0) is 0 Å². The molecule has 1 aliphatic heterocycles. The van der Waals surface area contributed by atoms with Gasteiger partial charge >= 0.3 is 0 Å². The zero-order valence-corrected chi connectivity index (χ0v) is 7.74. The molecular weight excluding hydrogens is 152 g/mol. The van der Waals surface area contributed by atoms with E-state index in [1.807, 2.05) is 0 Å². The molecule has 0 N–H and O–H groups in total. The van der Waals surface area contributed by atoms with Crippen LogP contribution in [0.3, 0.4) is 0 Å². The quantitative estimate of drug-likeness (QED) is 0.483. The van der Waals surface area contributed by atoms with Crippen LogP contribution in [0.1, 0.15) is 13.8 Å². The molecule has 0 aromatic rings. The Balaban J connectivity index is 2.50. The zero-order valence-electron chi connectivity index (χ0n) is 6.92. The zero-order chi connectivity index (χ0) is 8.01. The molecular formula is C10H12S. The number of allylic oxidation sites excluding steroid dienone is 4. The fourth-order valence-corrected chi connectivity index (χ4v) is 3.02. The van der Waals surface area contributed by atoms with Crippen molar-refractivity contribution < 1.29 is 0 Å². The normalized spacial score (nSPS) is 34.5. The lowest BCUT2D eigenvalue weighted by Gasteiger charge is -2.03. The highest BCUT2D eigenvalue weighted by Crippen LogP contribution is 2.45. The third-order valence-electron chi connectivity index (χ3n) is 2.17.